The zero-order chi connectivity index (χ0) is 6.74. The second-order valence-corrected chi connectivity index (χ2v) is 2.83. The van der Waals surface area contributed by atoms with Gasteiger partial charge in [-0.15, -0.1) is 12.4 Å². The molecule has 0 aliphatic carbocycles. The van der Waals surface area contributed by atoms with Crippen molar-refractivity contribution >= 4 is 12.4 Å². The minimum Gasteiger partial charge on any atom is -0.380 e. The second-order valence-electron chi connectivity index (χ2n) is 2.83. The average Bonchev–Trinajstić information content (AvgIpc) is 1.79. The van der Waals surface area contributed by atoms with E-state index in [2.05, 4.69) is 12.4 Å². The van der Waals surface area contributed by atoms with E-state index in [1.807, 2.05) is 0 Å². The van der Waals surface area contributed by atoms with E-state index in [1.54, 1.807) is 7.11 Å². The maximum absolute atomic E-state index is 5.04. The Morgan fingerprint density at radius 1 is 1.60 bits per heavy atom. The van der Waals surface area contributed by atoms with Crippen LogP contribution >= 0.6 is 12.4 Å². The molecular weight excluding hydrogens is 154 g/mol. The van der Waals surface area contributed by atoms with E-state index in [9.17, 15) is 0 Å². The molecule has 0 unspecified atom stereocenters. The fourth-order valence-electron chi connectivity index (χ4n) is 0.799. The highest BCUT2D eigenvalue weighted by atomic mass is 35.5. The van der Waals surface area contributed by atoms with Gasteiger partial charge in [-0.1, -0.05) is 6.92 Å². The molecule has 1 aliphatic heterocycles. The maximum atomic E-state index is 5.04. The van der Waals surface area contributed by atoms with E-state index in [0.717, 1.165) is 19.8 Å². The molecule has 0 radical (unpaired) electrons. The summed E-state index contributed by atoms with van der Waals surface area (Å²) < 4.78 is 5.04. The summed E-state index contributed by atoms with van der Waals surface area (Å²) in [5.74, 6) is 0. The van der Waals surface area contributed by atoms with Crippen molar-refractivity contribution in [3.05, 3.63) is 0 Å². The van der Waals surface area contributed by atoms with Gasteiger partial charge in [0, 0.05) is 12.0 Å². The fraction of sp³-hybridized carbons (Fsp3) is 1.00. The van der Waals surface area contributed by atoms with Crippen LogP contribution in [0.5, 0.6) is 0 Å². The zero-order valence-corrected chi connectivity index (χ0v) is 7.16. The van der Waals surface area contributed by atoms with Crippen LogP contribution < -0.4 is 5.48 Å². The molecule has 1 rings (SSSR count). The smallest absolute Gasteiger partial charge is 0.0572 e. The van der Waals surface area contributed by atoms with Gasteiger partial charge in [0.2, 0.25) is 0 Å². The predicted octanol–water partition coefficient (Wildman–Crippen LogP) is 0.596. The van der Waals surface area contributed by atoms with Crippen LogP contribution in [0.25, 0.3) is 0 Å². The Balaban J connectivity index is 0.000000810. The molecule has 4 heteroatoms. The lowest BCUT2D eigenvalue weighted by atomic mass is 9.89. The standard InChI is InChI=1S/C6H13NO2.ClH/c1-6(3-7-8-2)4-9-5-6;/h7H,3-5H2,1-2H3;1H. The van der Waals surface area contributed by atoms with Gasteiger partial charge in [0.25, 0.3) is 0 Å². The van der Waals surface area contributed by atoms with E-state index in [-0.39, 0.29) is 12.4 Å². The Morgan fingerprint density at radius 3 is 2.50 bits per heavy atom. The minimum absolute atomic E-state index is 0. The third-order valence-electron chi connectivity index (χ3n) is 1.54. The van der Waals surface area contributed by atoms with Crippen molar-refractivity contribution in [1.82, 2.24) is 5.48 Å². The molecule has 1 fully saturated rings. The molecule has 62 valence electrons. The molecule has 0 bridgehead atoms. The van der Waals surface area contributed by atoms with Crippen LogP contribution in [0.3, 0.4) is 0 Å². The number of nitrogens with one attached hydrogen (secondary N) is 1. The van der Waals surface area contributed by atoms with Crippen LogP contribution in [-0.2, 0) is 9.57 Å². The highest BCUT2D eigenvalue weighted by Gasteiger charge is 2.32. The molecule has 0 aromatic carbocycles. The number of rotatable bonds is 3. The third-order valence-corrected chi connectivity index (χ3v) is 1.54. The lowest BCUT2D eigenvalue weighted by Gasteiger charge is -2.37. The van der Waals surface area contributed by atoms with Gasteiger partial charge in [0.15, 0.2) is 0 Å². The Kier molecular flexibility index (Phi) is 4.20. The lowest BCUT2D eigenvalue weighted by molar-refractivity contribution is -0.115. The molecule has 10 heavy (non-hydrogen) atoms. The van der Waals surface area contributed by atoms with E-state index in [0.29, 0.717) is 5.41 Å². The first-order chi connectivity index (χ1) is 4.27. The normalized spacial score (nSPS) is 21.0. The van der Waals surface area contributed by atoms with Crippen LogP contribution in [0.4, 0.5) is 0 Å². The Labute approximate surface area is 67.4 Å². The summed E-state index contributed by atoms with van der Waals surface area (Å²) in [6.07, 6.45) is 0. The lowest BCUT2D eigenvalue weighted by Crippen LogP contribution is -2.47. The monoisotopic (exact) mass is 167 g/mol. The van der Waals surface area contributed by atoms with E-state index in [1.165, 1.54) is 0 Å². The molecule has 1 heterocycles. The zero-order valence-electron chi connectivity index (χ0n) is 6.35. The molecule has 1 N–H and O–H groups in total. The van der Waals surface area contributed by atoms with Gasteiger partial charge in [-0.25, -0.2) is 5.48 Å². The Bertz CT molecular complexity index is 95.7. The molecule has 0 spiro atoms. The number of ether oxygens (including phenoxy) is 1. The van der Waals surface area contributed by atoms with Crippen molar-refractivity contribution in [2.24, 2.45) is 5.41 Å². The van der Waals surface area contributed by atoms with E-state index < -0.39 is 0 Å². The molecule has 0 saturated carbocycles. The molecule has 0 amide bonds. The average molecular weight is 168 g/mol. The van der Waals surface area contributed by atoms with Gasteiger partial charge >= 0.3 is 0 Å². The first kappa shape index (κ1) is 10.2. The van der Waals surface area contributed by atoms with Crippen LogP contribution in [0.2, 0.25) is 0 Å². The van der Waals surface area contributed by atoms with Crippen molar-refractivity contribution in [1.29, 1.82) is 0 Å². The summed E-state index contributed by atoms with van der Waals surface area (Å²) in [5.41, 5.74) is 3.13. The fourth-order valence-corrected chi connectivity index (χ4v) is 0.799. The van der Waals surface area contributed by atoms with Crippen molar-refractivity contribution in [2.45, 2.75) is 6.92 Å². The van der Waals surface area contributed by atoms with Crippen LogP contribution in [-0.4, -0.2) is 26.9 Å². The highest BCUT2D eigenvalue weighted by molar-refractivity contribution is 5.85. The molecule has 1 saturated heterocycles. The summed E-state index contributed by atoms with van der Waals surface area (Å²) in [6, 6.07) is 0. The van der Waals surface area contributed by atoms with Crippen LogP contribution in [0.15, 0.2) is 0 Å². The third kappa shape index (κ3) is 2.42. The predicted molar refractivity (Wildman–Crippen MR) is 41.2 cm³/mol. The molecular formula is C6H14ClNO2. The first-order valence-electron chi connectivity index (χ1n) is 3.10. The van der Waals surface area contributed by atoms with Gasteiger partial charge in [0.1, 0.15) is 0 Å². The minimum atomic E-state index is 0. The second kappa shape index (κ2) is 4.13. The molecule has 0 aromatic heterocycles. The van der Waals surface area contributed by atoms with Crippen molar-refractivity contribution < 1.29 is 9.57 Å². The van der Waals surface area contributed by atoms with Gasteiger partial charge in [-0.05, 0) is 0 Å². The maximum Gasteiger partial charge on any atom is 0.0572 e. The van der Waals surface area contributed by atoms with Crippen LogP contribution in [0, 0.1) is 5.41 Å². The quantitative estimate of drug-likeness (QED) is 0.625. The number of hydrogen-bond acceptors (Lipinski definition) is 3. The van der Waals surface area contributed by atoms with Gasteiger partial charge in [0.05, 0.1) is 20.3 Å². The Hall–Kier alpha value is 0.170. The van der Waals surface area contributed by atoms with Gasteiger partial charge in [-0.2, -0.15) is 0 Å². The Morgan fingerprint density at radius 2 is 2.20 bits per heavy atom. The number of halogens is 1. The molecule has 0 aromatic rings. The summed E-state index contributed by atoms with van der Waals surface area (Å²) in [6.45, 7) is 4.75. The topological polar surface area (TPSA) is 30.5 Å². The highest BCUT2D eigenvalue weighted by Crippen LogP contribution is 2.24. The van der Waals surface area contributed by atoms with E-state index >= 15 is 0 Å². The van der Waals surface area contributed by atoms with Crippen molar-refractivity contribution in [3.8, 4) is 0 Å². The van der Waals surface area contributed by atoms with Gasteiger partial charge in [-0.3, -0.25) is 0 Å². The summed E-state index contributed by atoms with van der Waals surface area (Å²) >= 11 is 0. The van der Waals surface area contributed by atoms with E-state index in [4.69, 9.17) is 9.57 Å². The summed E-state index contributed by atoms with van der Waals surface area (Å²) in [7, 11) is 1.63. The van der Waals surface area contributed by atoms with Crippen molar-refractivity contribution in [2.75, 3.05) is 26.9 Å². The molecule has 0 atom stereocenters. The number of hydrogen-bond donors (Lipinski definition) is 1. The summed E-state index contributed by atoms with van der Waals surface area (Å²) in [5, 5.41) is 0. The molecule has 1 aliphatic rings. The first-order valence-corrected chi connectivity index (χ1v) is 3.10. The SMILES string of the molecule is CONCC1(C)COC1.Cl. The summed E-state index contributed by atoms with van der Waals surface area (Å²) in [4.78, 5) is 4.71. The largest absolute Gasteiger partial charge is 0.380 e. The van der Waals surface area contributed by atoms with Gasteiger partial charge < -0.3 is 9.57 Å². The van der Waals surface area contributed by atoms with Crippen molar-refractivity contribution in [3.63, 3.8) is 0 Å². The molecule has 3 nitrogen and oxygen atoms in total. The number of hydroxylamine groups is 1. The van der Waals surface area contributed by atoms with Crippen LogP contribution in [0.1, 0.15) is 6.92 Å².